The molecule has 1 saturated carbocycles. The van der Waals surface area contributed by atoms with E-state index >= 15 is 4.39 Å². The summed E-state index contributed by atoms with van der Waals surface area (Å²) in [5.41, 5.74) is 1.05. The molecule has 29 heavy (non-hydrogen) atoms. The molecule has 1 saturated heterocycles. The molecule has 0 spiro atoms. The van der Waals surface area contributed by atoms with Crippen molar-refractivity contribution < 1.29 is 23.5 Å². The van der Waals surface area contributed by atoms with Gasteiger partial charge in [0.25, 0.3) is 5.91 Å². The highest BCUT2D eigenvalue weighted by Gasteiger charge is 2.48. The van der Waals surface area contributed by atoms with Crippen LogP contribution < -0.4 is 5.32 Å². The summed E-state index contributed by atoms with van der Waals surface area (Å²) in [5.74, 6) is -1.87. The molecule has 6 nitrogen and oxygen atoms in total. The predicted molar refractivity (Wildman–Crippen MR) is 103 cm³/mol. The Labute approximate surface area is 168 Å². The first-order valence-electron chi connectivity index (χ1n) is 10.3. The van der Waals surface area contributed by atoms with Crippen molar-refractivity contribution in [1.82, 2.24) is 15.1 Å². The number of carboxylic acids is 1. The van der Waals surface area contributed by atoms with Gasteiger partial charge in [-0.15, -0.1) is 0 Å². The quantitative estimate of drug-likeness (QED) is 0.500. The molecule has 3 heterocycles. The molecule has 0 aromatic rings. The van der Waals surface area contributed by atoms with Crippen molar-refractivity contribution in [3.8, 4) is 0 Å². The number of fused-ring (bicyclic) bond motifs is 1. The van der Waals surface area contributed by atoms with Crippen LogP contribution in [-0.4, -0.2) is 65.7 Å². The predicted octanol–water partition coefficient (Wildman–Crippen LogP) is 2.21. The molecule has 3 unspecified atom stereocenters. The number of allylic oxidation sites excluding steroid dienone is 1. The van der Waals surface area contributed by atoms with Gasteiger partial charge in [0, 0.05) is 31.8 Å². The minimum Gasteiger partial charge on any atom is -0.478 e. The lowest BCUT2D eigenvalue weighted by Gasteiger charge is -2.43. The Morgan fingerprint density at radius 2 is 2.10 bits per heavy atom. The van der Waals surface area contributed by atoms with Crippen LogP contribution in [0.3, 0.4) is 0 Å². The van der Waals surface area contributed by atoms with Crippen LogP contribution in [0.1, 0.15) is 26.2 Å². The van der Waals surface area contributed by atoms with Crippen LogP contribution in [0.25, 0.3) is 0 Å². The number of alkyl halides is 1. The second kappa shape index (κ2) is 7.89. The fraction of sp³-hybridized carbons (Fsp3) is 0.619. The first kappa shape index (κ1) is 20.1. The van der Waals surface area contributed by atoms with Crippen molar-refractivity contribution in [1.29, 1.82) is 0 Å². The van der Waals surface area contributed by atoms with E-state index in [1.54, 1.807) is 6.08 Å². The number of carbonyl (C=O) groups is 2. The Bertz CT molecular complexity index is 803. The molecule has 3 atom stereocenters. The van der Waals surface area contributed by atoms with E-state index < -0.39 is 24.4 Å². The minimum atomic E-state index is -1.26. The molecule has 1 aliphatic carbocycles. The van der Waals surface area contributed by atoms with Crippen molar-refractivity contribution in [2.24, 2.45) is 17.8 Å². The van der Waals surface area contributed by atoms with Gasteiger partial charge in [0.1, 0.15) is 12.2 Å². The molecule has 158 valence electrons. The minimum absolute atomic E-state index is 0.109. The van der Waals surface area contributed by atoms with E-state index in [0.717, 1.165) is 24.8 Å². The summed E-state index contributed by atoms with van der Waals surface area (Å²) in [4.78, 5) is 27.5. The summed E-state index contributed by atoms with van der Waals surface area (Å²) in [5, 5.41) is 12.5. The van der Waals surface area contributed by atoms with Gasteiger partial charge >= 0.3 is 5.97 Å². The van der Waals surface area contributed by atoms with Crippen molar-refractivity contribution >= 4 is 11.9 Å². The van der Waals surface area contributed by atoms with Crippen LogP contribution in [0.4, 0.5) is 8.78 Å². The summed E-state index contributed by atoms with van der Waals surface area (Å²) in [6.45, 7) is 3.86. The Hall–Kier alpha value is -2.22. The van der Waals surface area contributed by atoms with Crippen molar-refractivity contribution in [2.75, 3.05) is 32.9 Å². The van der Waals surface area contributed by atoms with Crippen molar-refractivity contribution in [3.63, 3.8) is 0 Å². The zero-order chi connectivity index (χ0) is 20.7. The van der Waals surface area contributed by atoms with Gasteiger partial charge in [0.05, 0.1) is 11.7 Å². The SMILES string of the molecule is CC1=C(N2CCC(CNCCF)C2)C(F)=CN2C(=O)C(C(=O)O)=CC(C3CC3)C12. The number of carboxylic acid groups (broad SMARTS) is 1. The number of aliphatic carboxylic acids is 1. The zero-order valence-electron chi connectivity index (χ0n) is 16.5. The van der Waals surface area contributed by atoms with E-state index in [4.69, 9.17) is 0 Å². The molecule has 0 aromatic heterocycles. The average Bonchev–Trinajstić information content (AvgIpc) is 3.42. The molecule has 0 radical (unpaired) electrons. The third-order valence-corrected chi connectivity index (χ3v) is 6.49. The molecular formula is C21H27F2N3O3. The lowest BCUT2D eigenvalue weighted by Crippen LogP contribution is -2.50. The lowest BCUT2D eigenvalue weighted by molar-refractivity contribution is -0.138. The Morgan fingerprint density at radius 1 is 1.34 bits per heavy atom. The molecule has 2 N–H and O–H groups in total. The number of hydrogen-bond acceptors (Lipinski definition) is 4. The van der Waals surface area contributed by atoms with Crippen LogP contribution in [0.2, 0.25) is 0 Å². The smallest absolute Gasteiger partial charge is 0.341 e. The Kier molecular flexibility index (Phi) is 5.46. The number of hydrogen-bond donors (Lipinski definition) is 2. The number of nitrogens with one attached hydrogen (secondary N) is 1. The molecule has 8 heteroatoms. The number of halogens is 2. The van der Waals surface area contributed by atoms with Crippen LogP contribution in [0.5, 0.6) is 0 Å². The largest absolute Gasteiger partial charge is 0.478 e. The number of likely N-dealkylation sites (tertiary alicyclic amines) is 1. The number of rotatable bonds is 7. The normalized spacial score (nSPS) is 29.8. The molecule has 4 rings (SSSR count). The second-order valence-corrected chi connectivity index (χ2v) is 8.46. The number of carbonyl (C=O) groups excluding carboxylic acids is 1. The van der Waals surface area contributed by atoms with Crippen LogP contribution in [0.15, 0.2) is 34.9 Å². The topological polar surface area (TPSA) is 72.9 Å². The fourth-order valence-corrected chi connectivity index (χ4v) is 4.97. The molecule has 3 aliphatic heterocycles. The van der Waals surface area contributed by atoms with Gasteiger partial charge in [0.15, 0.2) is 5.83 Å². The van der Waals surface area contributed by atoms with Gasteiger partial charge in [-0.05, 0) is 50.1 Å². The highest BCUT2D eigenvalue weighted by atomic mass is 19.1. The maximum Gasteiger partial charge on any atom is 0.341 e. The van der Waals surface area contributed by atoms with Crippen LogP contribution in [-0.2, 0) is 9.59 Å². The third-order valence-electron chi connectivity index (χ3n) is 6.49. The molecule has 4 aliphatic rings. The number of nitrogens with zero attached hydrogens (tertiary/aromatic N) is 2. The van der Waals surface area contributed by atoms with Gasteiger partial charge in [0.2, 0.25) is 0 Å². The summed E-state index contributed by atoms with van der Waals surface area (Å²) in [7, 11) is 0. The van der Waals surface area contributed by atoms with E-state index in [1.807, 2.05) is 11.8 Å². The monoisotopic (exact) mass is 407 g/mol. The van der Waals surface area contributed by atoms with Crippen molar-refractivity contribution in [2.45, 2.75) is 32.2 Å². The van der Waals surface area contributed by atoms with E-state index in [1.165, 1.54) is 11.1 Å². The van der Waals surface area contributed by atoms with Crippen molar-refractivity contribution in [3.05, 3.63) is 34.9 Å². The van der Waals surface area contributed by atoms with Gasteiger partial charge in [-0.1, -0.05) is 6.08 Å². The summed E-state index contributed by atoms with van der Waals surface area (Å²) >= 11 is 0. The summed E-state index contributed by atoms with van der Waals surface area (Å²) in [6, 6.07) is -0.337. The summed E-state index contributed by atoms with van der Waals surface area (Å²) < 4.78 is 27.4. The van der Waals surface area contributed by atoms with Gasteiger partial charge in [-0.2, -0.15) is 0 Å². The maximum absolute atomic E-state index is 15.1. The lowest BCUT2D eigenvalue weighted by atomic mass is 9.81. The maximum atomic E-state index is 15.1. The zero-order valence-corrected chi connectivity index (χ0v) is 16.5. The molecule has 0 aromatic carbocycles. The van der Waals surface area contributed by atoms with E-state index in [-0.39, 0.29) is 17.5 Å². The van der Waals surface area contributed by atoms with E-state index in [2.05, 4.69) is 5.32 Å². The first-order valence-corrected chi connectivity index (χ1v) is 10.3. The average molecular weight is 407 g/mol. The Balaban J connectivity index is 1.61. The van der Waals surface area contributed by atoms with Gasteiger partial charge in [-0.3, -0.25) is 4.79 Å². The highest BCUT2D eigenvalue weighted by molar-refractivity contribution is 6.16. The van der Waals surface area contributed by atoms with Gasteiger partial charge in [-0.25, -0.2) is 13.6 Å². The Morgan fingerprint density at radius 3 is 2.76 bits per heavy atom. The standard InChI is InChI=1S/C21H27F2N3O3/c1-12-18-15(14-2-3-14)8-16(21(28)29)20(27)26(18)11-17(23)19(12)25-7-4-13(10-25)9-24-6-5-22/h8,11,13-15,18,24H,2-7,9-10H2,1H3,(H,28,29). The molecule has 0 bridgehead atoms. The fourth-order valence-electron chi connectivity index (χ4n) is 4.97. The van der Waals surface area contributed by atoms with Crippen LogP contribution >= 0.6 is 0 Å². The molecule has 1 amide bonds. The van der Waals surface area contributed by atoms with Crippen LogP contribution in [0, 0.1) is 17.8 Å². The number of amides is 1. The van der Waals surface area contributed by atoms with E-state index in [0.29, 0.717) is 43.7 Å². The molecule has 2 fully saturated rings. The van der Waals surface area contributed by atoms with Gasteiger partial charge < -0.3 is 20.2 Å². The van der Waals surface area contributed by atoms with E-state index in [9.17, 15) is 19.1 Å². The summed E-state index contributed by atoms with van der Waals surface area (Å²) in [6.07, 6.45) is 5.66. The third kappa shape index (κ3) is 3.70. The molecular weight excluding hydrogens is 380 g/mol. The highest BCUT2D eigenvalue weighted by Crippen LogP contribution is 2.47. The first-order chi connectivity index (χ1) is 13.9. The second-order valence-electron chi connectivity index (χ2n) is 8.46.